The van der Waals surface area contributed by atoms with Crippen LogP contribution in [0.1, 0.15) is 5.69 Å². The van der Waals surface area contributed by atoms with Gasteiger partial charge in [0.15, 0.2) is 4.67 Å². The van der Waals surface area contributed by atoms with Crippen LogP contribution in [0, 0.1) is 6.92 Å². The second-order valence-electron chi connectivity index (χ2n) is 5.23. The van der Waals surface area contributed by atoms with Crippen LogP contribution in [0.2, 0.25) is 0 Å². The fourth-order valence-corrected chi connectivity index (χ4v) is 4.48. The van der Waals surface area contributed by atoms with E-state index in [1.807, 2.05) is 61.5 Å². The molecule has 0 bridgehead atoms. The molecule has 4 nitrogen and oxygen atoms in total. The highest BCUT2D eigenvalue weighted by molar-refractivity contribution is 7.19. The number of aromatic nitrogens is 2. The Balaban J connectivity index is 1.93. The van der Waals surface area contributed by atoms with Gasteiger partial charge < -0.3 is 5.21 Å². The van der Waals surface area contributed by atoms with Crippen molar-refractivity contribution in [1.29, 1.82) is 0 Å². The molecule has 0 radical (unpaired) electrons. The summed E-state index contributed by atoms with van der Waals surface area (Å²) in [5, 5.41) is 13.8. The van der Waals surface area contributed by atoms with Crippen LogP contribution >= 0.6 is 22.7 Å². The topological polar surface area (TPSA) is 58.4 Å². The zero-order valence-electron chi connectivity index (χ0n) is 12.8. The van der Waals surface area contributed by atoms with E-state index >= 15 is 0 Å². The standard InChI is InChI=1S/C18H13N3OS2/c1-11-16(24-17(19-11)12-7-3-2-4-8-12)15-18(21-22)23-14-10-6-5-9-13(14)20-15/h2-10,22H,1H3/b21-18-. The number of rotatable bonds is 2. The third-order valence-corrected chi connectivity index (χ3v) is 5.88. The molecule has 0 saturated heterocycles. The third kappa shape index (κ3) is 2.60. The monoisotopic (exact) mass is 351 g/mol. The summed E-state index contributed by atoms with van der Waals surface area (Å²) in [4.78, 5) is 10.3. The fourth-order valence-electron chi connectivity index (χ4n) is 2.49. The second kappa shape index (κ2) is 6.14. The Bertz CT molecular complexity index is 1080. The van der Waals surface area contributed by atoms with Crippen molar-refractivity contribution in [1.82, 2.24) is 9.97 Å². The van der Waals surface area contributed by atoms with E-state index in [0.29, 0.717) is 10.4 Å². The molecule has 2 aromatic carbocycles. The molecule has 0 aliphatic carbocycles. The fraction of sp³-hybridized carbons (Fsp3) is 0.0556. The van der Waals surface area contributed by atoms with Crippen LogP contribution in [0.15, 0.2) is 59.8 Å². The lowest BCUT2D eigenvalue weighted by Crippen LogP contribution is -2.05. The van der Waals surface area contributed by atoms with Gasteiger partial charge in [-0.25, -0.2) is 9.97 Å². The number of hydrogen-bond donors (Lipinski definition) is 1. The van der Waals surface area contributed by atoms with Crippen LogP contribution < -0.4 is 4.67 Å². The molecule has 4 rings (SSSR count). The quantitative estimate of drug-likeness (QED) is 0.421. The molecular formula is C18H13N3OS2. The van der Waals surface area contributed by atoms with Gasteiger partial charge in [0.25, 0.3) is 0 Å². The molecule has 4 aromatic rings. The number of hydrogen-bond acceptors (Lipinski definition) is 6. The minimum absolute atomic E-state index is 0.500. The third-order valence-electron chi connectivity index (χ3n) is 3.63. The molecule has 0 unspecified atom stereocenters. The maximum absolute atomic E-state index is 9.43. The highest BCUT2D eigenvalue weighted by atomic mass is 32.1. The lowest BCUT2D eigenvalue weighted by atomic mass is 10.2. The van der Waals surface area contributed by atoms with Crippen LogP contribution in [0.5, 0.6) is 0 Å². The van der Waals surface area contributed by atoms with Crippen LogP contribution in [0.3, 0.4) is 0 Å². The summed E-state index contributed by atoms with van der Waals surface area (Å²) in [5.74, 6) is 0. The van der Waals surface area contributed by atoms with Gasteiger partial charge in [-0.3, -0.25) is 0 Å². The molecule has 0 fully saturated rings. The summed E-state index contributed by atoms with van der Waals surface area (Å²) in [6.07, 6.45) is 0. The summed E-state index contributed by atoms with van der Waals surface area (Å²) in [6, 6.07) is 17.9. The maximum atomic E-state index is 9.43. The molecule has 1 N–H and O–H groups in total. The average Bonchev–Trinajstić information content (AvgIpc) is 3.03. The minimum Gasteiger partial charge on any atom is -0.410 e. The molecule has 0 aliphatic rings. The maximum Gasteiger partial charge on any atom is 0.183 e. The summed E-state index contributed by atoms with van der Waals surface area (Å²) in [7, 11) is 0. The summed E-state index contributed by atoms with van der Waals surface area (Å²) >= 11 is 2.99. The Kier molecular flexibility index (Phi) is 3.84. The van der Waals surface area contributed by atoms with Gasteiger partial charge in [-0.2, -0.15) is 0 Å². The number of benzene rings is 2. The van der Waals surface area contributed by atoms with Gasteiger partial charge in [-0.15, -0.1) is 22.7 Å². The summed E-state index contributed by atoms with van der Waals surface area (Å²) < 4.78 is 1.49. The molecule has 0 atom stereocenters. The molecule has 2 heterocycles. The van der Waals surface area contributed by atoms with Gasteiger partial charge in [0.2, 0.25) is 0 Å². The SMILES string of the molecule is Cc1nc(-c2ccccc2)sc1-c1nc2ccccc2s/c1=N\O. The highest BCUT2D eigenvalue weighted by Crippen LogP contribution is 2.34. The van der Waals surface area contributed by atoms with Gasteiger partial charge in [0, 0.05) is 5.56 Å². The highest BCUT2D eigenvalue weighted by Gasteiger charge is 2.15. The normalized spacial score (nSPS) is 12.0. The lowest BCUT2D eigenvalue weighted by Gasteiger charge is -2.01. The van der Waals surface area contributed by atoms with E-state index < -0.39 is 0 Å². The molecule has 24 heavy (non-hydrogen) atoms. The van der Waals surface area contributed by atoms with Crippen molar-refractivity contribution in [3.05, 3.63) is 65.0 Å². The first-order valence-corrected chi connectivity index (χ1v) is 9.01. The number of aryl methyl sites for hydroxylation is 1. The molecule has 0 aliphatic heterocycles. The largest absolute Gasteiger partial charge is 0.410 e. The predicted molar refractivity (Wildman–Crippen MR) is 98.3 cm³/mol. The van der Waals surface area contributed by atoms with Crippen LogP contribution in [-0.4, -0.2) is 15.2 Å². The Hall–Kier alpha value is -2.57. The Morgan fingerprint density at radius 2 is 1.67 bits per heavy atom. The van der Waals surface area contributed by atoms with E-state index in [9.17, 15) is 5.21 Å². The Morgan fingerprint density at radius 1 is 0.917 bits per heavy atom. The first-order chi connectivity index (χ1) is 11.8. The summed E-state index contributed by atoms with van der Waals surface area (Å²) in [5.41, 5.74) is 3.53. The van der Waals surface area contributed by atoms with E-state index in [1.165, 1.54) is 11.3 Å². The molecule has 0 amide bonds. The molecule has 6 heteroatoms. The van der Waals surface area contributed by atoms with Crippen molar-refractivity contribution < 1.29 is 5.21 Å². The van der Waals surface area contributed by atoms with Crippen molar-refractivity contribution in [2.45, 2.75) is 6.92 Å². The first-order valence-electron chi connectivity index (χ1n) is 7.37. The Morgan fingerprint density at radius 3 is 2.46 bits per heavy atom. The van der Waals surface area contributed by atoms with Gasteiger partial charge in [-0.05, 0) is 19.1 Å². The van der Waals surface area contributed by atoms with E-state index in [2.05, 4.69) is 10.1 Å². The van der Waals surface area contributed by atoms with E-state index in [-0.39, 0.29) is 0 Å². The molecule has 0 spiro atoms. The predicted octanol–water partition coefficient (Wildman–Crippen LogP) is 4.69. The average molecular weight is 351 g/mol. The van der Waals surface area contributed by atoms with Crippen LogP contribution in [0.25, 0.3) is 31.4 Å². The van der Waals surface area contributed by atoms with Crippen molar-refractivity contribution in [3.8, 4) is 21.1 Å². The van der Waals surface area contributed by atoms with Crippen LogP contribution in [-0.2, 0) is 0 Å². The molecule has 0 saturated carbocycles. The van der Waals surface area contributed by atoms with Gasteiger partial charge in [0.05, 0.1) is 20.8 Å². The first kappa shape index (κ1) is 15.0. The van der Waals surface area contributed by atoms with E-state index in [1.54, 1.807) is 11.3 Å². The number of nitrogens with zero attached hydrogens (tertiary/aromatic N) is 3. The second-order valence-corrected chi connectivity index (χ2v) is 7.26. The zero-order valence-corrected chi connectivity index (χ0v) is 14.4. The van der Waals surface area contributed by atoms with Gasteiger partial charge >= 0.3 is 0 Å². The van der Waals surface area contributed by atoms with Crippen molar-refractivity contribution >= 4 is 32.9 Å². The van der Waals surface area contributed by atoms with Crippen molar-refractivity contribution in [3.63, 3.8) is 0 Å². The van der Waals surface area contributed by atoms with Crippen molar-refractivity contribution in [2.75, 3.05) is 0 Å². The van der Waals surface area contributed by atoms with Crippen molar-refractivity contribution in [2.24, 2.45) is 5.16 Å². The number of thiazole rings is 1. The molecule has 118 valence electrons. The smallest absolute Gasteiger partial charge is 0.183 e. The molecular weight excluding hydrogens is 338 g/mol. The lowest BCUT2D eigenvalue weighted by molar-refractivity contribution is 0.304. The summed E-state index contributed by atoms with van der Waals surface area (Å²) in [6.45, 7) is 1.96. The zero-order chi connectivity index (χ0) is 16.5. The number of para-hydroxylation sites is 1. The van der Waals surface area contributed by atoms with Gasteiger partial charge in [0.1, 0.15) is 10.7 Å². The minimum atomic E-state index is 0.500. The Labute approximate surface area is 146 Å². The van der Waals surface area contributed by atoms with Crippen LogP contribution in [0.4, 0.5) is 0 Å². The van der Waals surface area contributed by atoms with Gasteiger partial charge in [-0.1, -0.05) is 47.6 Å². The number of fused-ring (bicyclic) bond motifs is 1. The van der Waals surface area contributed by atoms with E-state index in [4.69, 9.17) is 4.98 Å². The van der Waals surface area contributed by atoms with E-state index in [0.717, 1.165) is 31.4 Å². The molecule has 2 aromatic heterocycles.